The van der Waals surface area contributed by atoms with Crippen LogP contribution in [-0.4, -0.2) is 47.1 Å². The summed E-state index contributed by atoms with van der Waals surface area (Å²) < 4.78 is 12.9. The number of fused-ring (bicyclic) bond motifs is 3. The Morgan fingerprint density at radius 1 is 1.16 bits per heavy atom. The van der Waals surface area contributed by atoms with Crippen molar-refractivity contribution >= 4 is 39.1 Å². The van der Waals surface area contributed by atoms with E-state index in [-0.39, 0.29) is 5.91 Å². The number of carbonyl (C=O) groups excluding carboxylic acids is 1. The van der Waals surface area contributed by atoms with Crippen molar-refractivity contribution in [1.29, 1.82) is 0 Å². The average Bonchev–Trinajstić information content (AvgIpc) is 3.27. The fourth-order valence-corrected chi connectivity index (χ4v) is 6.09. The van der Waals surface area contributed by atoms with Gasteiger partial charge < -0.3 is 14.8 Å². The van der Waals surface area contributed by atoms with Gasteiger partial charge in [0, 0.05) is 31.6 Å². The summed E-state index contributed by atoms with van der Waals surface area (Å²) in [5.74, 6) is 1.61. The Labute approximate surface area is 196 Å². The van der Waals surface area contributed by atoms with E-state index < -0.39 is 0 Å². The van der Waals surface area contributed by atoms with Gasteiger partial charge >= 0.3 is 0 Å². The molecule has 0 aliphatic carbocycles. The van der Waals surface area contributed by atoms with Crippen LogP contribution in [0.5, 0.6) is 16.7 Å². The topological polar surface area (TPSA) is 63.7 Å². The molecule has 2 bridgehead atoms. The number of aromatic nitrogens is 1. The lowest BCUT2D eigenvalue weighted by Gasteiger charge is -2.39. The number of carbonyl (C=O) groups is 1. The standard InChI is InChI=1S/C24H26ClN3O3S/c1-15(29)26-16-13-17-5-6-18(14-16)28(17)11-12-30-19-7-9-20(10-8-19)31-24-27-23-21(25)3-2-4-22(23)32-24/h2-4,7-10,16-18H,5-6,11-14H2,1H3,(H,26,29)/t16-,17-,18+. The van der Waals surface area contributed by atoms with Crippen LogP contribution in [0.2, 0.25) is 5.02 Å². The van der Waals surface area contributed by atoms with Crippen LogP contribution >= 0.6 is 22.9 Å². The minimum atomic E-state index is 0.0746. The molecule has 2 fully saturated rings. The quantitative estimate of drug-likeness (QED) is 0.509. The number of amides is 1. The molecule has 0 saturated carbocycles. The highest BCUT2D eigenvalue weighted by atomic mass is 35.5. The lowest BCUT2D eigenvalue weighted by molar-refractivity contribution is -0.120. The monoisotopic (exact) mass is 471 g/mol. The number of hydrogen-bond donors (Lipinski definition) is 1. The third kappa shape index (κ3) is 4.70. The third-order valence-corrected chi connectivity index (χ3v) is 7.49. The molecule has 8 heteroatoms. The fourth-order valence-electron chi connectivity index (χ4n) is 4.96. The Morgan fingerprint density at radius 3 is 2.56 bits per heavy atom. The predicted octanol–water partition coefficient (Wildman–Crippen LogP) is 5.25. The molecule has 0 spiro atoms. The molecule has 5 rings (SSSR count). The number of rotatable bonds is 7. The molecule has 3 atom stereocenters. The van der Waals surface area contributed by atoms with E-state index in [1.54, 1.807) is 6.92 Å². The van der Waals surface area contributed by atoms with Gasteiger partial charge in [-0.3, -0.25) is 9.69 Å². The van der Waals surface area contributed by atoms with E-state index in [2.05, 4.69) is 15.2 Å². The van der Waals surface area contributed by atoms with Gasteiger partial charge in [-0.25, -0.2) is 4.98 Å². The van der Waals surface area contributed by atoms with Gasteiger partial charge in [-0.05, 0) is 62.1 Å². The van der Waals surface area contributed by atoms with Gasteiger partial charge in [-0.2, -0.15) is 0 Å². The minimum absolute atomic E-state index is 0.0746. The molecule has 1 aromatic heterocycles. The summed E-state index contributed by atoms with van der Waals surface area (Å²) in [6.45, 7) is 3.16. The Bertz CT molecular complexity index is 1090. The van der Waals surface area contributed by atoms with Crippen LogP contribution in [-0.2, 0) is 4.79 Å². The maximum absolute atomic E-state index is 11.4. The second kappa shape index (κ2) is 9.25. The number of benzene rings is 2. The summed E-state index contributed by atoms with van der Waals surface area (Å²) in [6, 6.07) is 14.8. The van der Waals surface area contributed by atoms with Gasteiger partial charge in [0.15, 0.2) is 0 Å². The summed E-state index contributed by atoms with van der Waals surface area (Å²) >= 11 is 7.67. The molecule has 168 valence electrons. The first-order valence-electron chi connectivity index (χ1n) is 11.0. The number of para-hydroxylation sites is 1. The van der Waals surface area contributed by atoms with Crippen LogP contribution in [0.4, 0.5) is 0 Å². The number of nitrogens with zero attached hydrogens (tertiary/aromatic N) is 2. The number of halogens is 1. The SMILES string of the molecule is CC(=O)N[C@@H]1C[C@H]2CC[C@@H](C1)N2CCOc1ccc(Oc2nc3c(Cl)cccc3s2)cc1. The molecule has 1 amide bonds. The zero-order valence-corrected chi connectivity index (χ0v) is 19.5. The summed E-state index contributed by atoms with van der Waals surface area (Å²) in [6.07, 6.45) is 4.51. The van der Waals surface area contributed by atoms with Crippen molar-refractivity contribution in [2.45, 2.75) is 50.7 Å². The van der Waals surface area contributed by atoms with Gasteiger partial charge in [-0.1, -0.05) is 29.0 Å². The van der Waals surface area contributed by atoms with Gasteiger partial charge in [0.1, 0.15) is 23.6 Å². The highest BCUT2D eigenvalue weighted by molar-refractivity contribution is 7.20. The van der Waals surface area contributed by atoms with Crippen LogP contribution in [0, 0.1) is 0 Å². The van der Waals surface area contributed by atoms with Crippen molar-refractivity contribution in [3.63, 3.8) is 0 Å². The summed E-state index contributed by atoms with van der Waals surface area (Å²) in [4.78, 5) is 18.4. The third-order valence-electron chi connectivity index (χ3n) is 6.29. The molecule has 2 saturated heterocycles. The van der Waals surface area contributed by atoms with Crippen molar-refractivity contribution in [2.75, 3.05) is 13.2 Å². The Balaban J connectivity index is 1.12. The molecule has 3 heterocycles. The van der Waals surface area contributed by atoms with Crippen molar-refractivity contribution in [3.8, 4) is 16.7 Å². The summed E-state index contributed by atoms with van der Waals surface area (Å²) in [5.41, 5.74) is 0.768. The predicted molar refractivity (Wildman–Crippen MR) is 127 cm³/mol. The maximum atomic E-state index is 11.4. The smallest absolute Gasteiger partial charge is 0.279 e. The number of ether oxygens (including phenoxy) is 2. The molecule has 2 aromatic carbocycles. The average molecular weight is 472 g/mol. The van der Waals surface area contributed by atoms with Gasteiger partial charge in [0.2, 0.25) is 5.91 Å². The minimum Gasteiger partial charge on any atom is -0.492 e. The van der Waals surface area contributed by atoms with Gasteiger partial charge in [0.25, 0.3) is 5.19 Å². The largest absolute Gasteiger partial charge is 0.492 e. The van der Waals surface area contributed by atoms with Crippen LogP contribution in [0.25, 0.3) is 10.2 Å². The molecule has 32 heavy (non-hydrogen) atoms. The first-order chi connectivity index (χ1) is 15.5. The van der Waals surface area contributed by atoms with Crippen LogP contribution in [0.1, 0.15) is 32.6 Å². The molecule has 0 radical (unpaired) electrons. The molecule has 2 aliphatic heterocycles. The lowest BCUT2D eigenvalue weighted by Crippen LogP contribution is -2.51. The van der Waals surface area contributed by atoms with Crippen LogP contribution < -0.4 is 14.8 Å². The molecular formula is C24H26ClN3O3S. The normalized spacial score (nSPS) is 22.8. The first-order valence-corrected chi connectivity index (χ1v) is 12.2. The number of thiazole rings is 1. The summed E-state index contributed by atoms with van der Waals surface area (Å²) in [5, 5.41) is 4.30. The number of nitrogens with one attached hydrogen (secondary N) is 1. The van der Waals surface area contributed by atoms with Gasteiger partial charge in [0.05, 0.1) is 9.72 Å². The highest BCUT2D eigenvalue weighted by Gasteiger charge is 2.40. The van der Waals surface area contributed by atoms with Crippen LogP contribution in [0.3, 0.4) is 0 Å². The highest BCUT2D eigenvalue weighted by Crippen LogP contribution is 2.36. The van der Waals surface area contributed by atoms with Crippen molar-refractivity contribution < 1.29 is 14.3 Å². The molecule has 3 aromatic rings. The Kier molecular flexibility index (Phi) is 6.22. The molecule has 0 unspecified atom stereocenters. The van der Waals surface area contributed by atoms with E-state index in [1.165, 1.54) is 24.2 Å². The van der Waals surface area contributed by atoms with Crippen LogP contribution in [0.15, 0.2) is 42.5 Å². The lowest BCUT2D eigenvalue weighted by atomic mass is 9.97. The van der Waals surface area contributed by atoms with Gasteiger partial charge in [-0.15, -0.1) is 0 Å². The van der Waals surface area contributed by atoms with Crippen molar-refractivity contribution in [3.05, 3.63) is 47.5 Å². The zero-order chi connectivity index (χ0) is 22.1. The fraction of sp³-hybridized carbons (Fsp3) is 0.417. The second-order valence-electron chi connectivity index (χ2n) is 8.48. The van der Waals surface area contributed by atoms with E-state index >= 15 is 0 Å². The molecule has 6 nitrogen and oxygen atoms in total. The van der Waals surface area contributed by atoms with Crippen molar-refractivity contribution in [1.82, 2.24) is 15.2 Å². The van der Waals surface area contributed by atoms with E-state index in [0.29, 0.717) is 40.7 Å². The Hall–Kier alpha value is -2.35. The van der Waals surface area contributed by atoms with E-state index in [4.69, 9.17) is 21.1 Å². The molecule has 2 aliphatic rings. The van der Waals surface area contributed by atoms with E-state index in [9.17, 15) is 4.79 Å². The molecular weight excluding hydrogens is 446 g/mol. The van der Waals surface area contributed by atoms with Crippen molar-refractivity contribution in [2.24, 2.45) is 0 Å². The number of piperidine rings is 1. The maximum Gasteiger partial charge on any atom is 0.279 e. The molecule has 1 N–H and O–H groups in total. The van der Waals surface area contributed by atoms with E-state index in [0.717, 1.165) is 35.4 Å². The van der Waals surface area contributed by atoms with E-state index in [1.807, 2.05) is 42.5 Å². The number of hydrogen-bond acceptors (Lipinski definition) is 6. The summed E-state index contributed by atoms with van der Waals surface area (Å²) in [7, 11) is 0. The Morgan fingerprint density at radius 2 is 1.88 bits per heavy atom. The zero-order valence-electron chi connectivity index (χ0n) is 17.9. The second-order valence-corrected chi connectivity index (χ2v) is 9.88. The first kappa shape index (κ1) is 21.5.